The third-order valence-electron chi connectivity index (χ3n) is 4.76. The number of rotatable bonds is 10. The highest BCUT2D eigenvalue weighted by Gasteiger charge is 2.05. The van der Waals surface area contributed by atoms with Gasteiger partial charge in [0.2, 0.25) is 0 Å². The van der Waals surface area contributed by atoms with Gasteiger partial charge in [0.05, 0.1) is 0 Å². The van der Waals surface area contributed by atoms with Gasteiger partial charge in [0.15, 0.2) is 5.96 Å². The summed E-state index contributed by atoms with van der Waals surface area (Å²) in [6, 6.07) is 16.3. The molecule has 28 heavy (non-hydrogen) atoms. The molecule has 5 heteroatoms. The van der Waals surface area contributed by atoms with E-state index in [4.69, 9.17) is 4.99 Å². The van der Waals surface area contributed by atoms with Gasteiger partial charge in [-0.15, -0.1) is 0 Å². The van der Waals surface area contributed by atoms with E-state index < -0.39 is 0 Å². The predicted octanol–water partition coefficient (Wildman–Crippen LogP) is 3.51. The quantitative estimate of drug-likeness (QED) is 0.376. The van der Waals surface area contributed by atoms with E-state index in [1.165, 1.54) is 5.56 Å². The fourth-order valence-corrected chi connectivity index (χ4v) is 3.14. The number of aryl methyl sites for hydroxylation is 2. The zero-order chi connectivity index (χ0) is 20.2. The van der Waals surface area contributed by atoms with Crippen molar-refractivity contribution >= 4 is 5.96 Å². The molecule has 1 aromatic heterocycles. The molecule has 0 saturated carbocycles. The zero-order valence-corrected chi connectivity index (χ0v) is 17.4. The summed E-state index contributed by atoms with van der Waals surface area (Å²) in [6.45, 7) is 8.59. The molecule has 2 N–H and O–H groups in total. The number of hydrogen-bond acceptors (Lipinski definition) is 2. The molecule has 2 rings (SSSR count). The lowest BCUT2D eigenvalue weighted by molar-refractivity contribution is 0.577. The van der Waals surface area contributed by atoms with Gasteiger partial charge in [-0.1, -0.05) is 36.4 Å². The van der Waals surface area contributed by atoms with E-state index in [1.807, 2.05) is 23.6 Å². The Morgan fingerprint density at radius 3 is 2.61 bits per heavy atom. The minimum Gasteiger partial charge on any atom is -0.357 e. The van der Waals surface area contributed by atoms with Gasteiger partial charge in [-0.05, 0) is 58.1 Å². The largest absolute Gasteiger partial charge is 0.357 e. The zero-order valence-electron chi connectivity index (χ0n) is 17.4. The summed E-state index contributed by atoms with van der Waals surface area (Å²) in [5.74, 6) is 0.871. The van der Waals surface area contributed by atoms with Gasteiger partial charge in [0.25, 0.3) is 5.56 Å². The number of nitrogens with zero attached hydrogens (tertiary/aromatic N) is 2. The van der Waals surface area contributed by atoms with Crippen molar-refractivity contribution in [2.24, 2.45) is 4.99 Å². The summed E-state index contributed by atoms with van der Waals surface area (Å²) in [5, 5.41) is 6.82. The van der Waals surface area contributed by atoms with Gasteiger partial charge in [0.1, 0.15) is 0 Å². The van der Waals surface area contributed by atoms with Crippen LogP contribution < -0.4 is 16.2 Å². The van der Waals surface area contributed by atoms with E-state index in [2.05, 4.69) is 54.8 Å². The van der Waals surface area contributed by atoms with Crippen LogP contribution in [0.4, 0.5) is 0 Å². The van der Waals surface area contributed by atoms with Crippen molar-refractivity contribution in [2.75, 3.05) is 13.1 Å². The SMILES string of the molecule is CCNC(=NCCCCn1c(C)cccc1=O)NC(C)CCc1ccccc1. The van der Waals surface area contributed by atoms with Crippen LogP contribution >= 0.6 is 0 Å². The van der Waals surface area contributed by atoms with Gasteiger partial charge in [-0.25, -0.2) is 0 Å². The van der Waals surface area contributed by atoms with Crippen LogP contribution in [0.5, 0.6) is 0 Å². The maximum atomic E-state index is 11.9. The number of hydrogen-bond donors (Lipinski definition) is 2. The van der Waals surface area contributed by atoms with Crippen LogP contribution in [-0.4, -0.2) is 29.7 Å². The van der Waals surface area contributed by atoms with Crippen molar-refractivity contribution in [1.29, 1.82) is 0 Å². The van der Waals surface area contributed by atoms with Crippen molar-refractivity contribution in [2.45, 2.75) is 59.0 Å². The first-order valence-electron chi connectivity index (χ1n) is 10.4. The second-order valence-electron chi connectivity index (χ2n) is 7.19. The summed E-state index contributed by atoms with van der Waals surface area (Å²) in [4.78, 5) is 16.6. The van der Waals surface area contributed by atoms with Gasteiger partial charge in [0, 0.05) is 37.4 Å². The molecule has 0 saturated heterocycles. The Hall–Kier alpha value is -2.56. The third-order valence-corrected chi connectivity index (χ3v) is 4.76. The van der Waals surface area contributed by atoms with Crippen LogP contribution in [0.3, 0.4) is 0 Å². The number of aliphatic imine (C=N–C) groups is 1. The van der Waals surface area contributed by atoms with Crippen LogP contribution in [0, 0.1) is 6.92 Å². The minimum atomic E-state index is 0.0748. The standard InChI is InChI=1S/C23H34N4O/c1-4-24-23(26-19(2)15-16-21-12-6-5-7-13-21)25-17-8-9-18-27-20(3)11-10-14-22(27)28/h5-7,10-14,19H,4,8-9,15-18H2,1-3H3,(H2,24,25,26). The molecule has 0 spiro atoms. The molecule has 0 bridgehead atoms. The third kappa shape index (κ3) is 7.59. The van der Waals surface area contributed by atoms with Crippen LogP contribution in [0.1, 0.15) is 44.4 Å². The number of guanidine groups is 1. The summed E-state index contributed by atoms with van der Waals surface area (Å²) in [6.07, 6.45) is 4.01. The molecule has 0 aliphatic rings. The summed E-state index contributed by atoms with van der Waals surface area (Å²) in [5.41, 5.74) is 2.45. The van der Waals surface area contributed by atoms with Crippen molar-refractivity contribution in [3.05, 3.63) is 70.1 Å². The Morgan fingerprint density at radius 1 is 1.11 bits per heavy atom. The van der Waals surface area contributed by atoms with Crippen LogP contribution in [0.15, 0.2) is 58.3 Å². The van der Waals surface area contributed by atoms with Crippen LogP contribution in [0.2, 0.25) is 0 Å². The molecule has 1 atom stereocenters. The van der Waals surface area contributed by atoms with Gasteiger partial charge in [-0.2, -0.15) is 0 Å². The van der Waals surface area contributed by atoms with E-state index >= 15 is 0 Å². The maximum Gasteiger partial charge on any atom is 0.250 e. The van der Waals surface area contributed by atoms with Gasteiger partial charge >= 0.3 is 0 Å². The van der Waals surface area contributed by atoms with E-state index in [0.29, 0.717) is 6.04 Å². The molecular formula is C23H34N4O. The van der Waals surface area contributed by atoms with Crippen LogP contribution in [0.25, 0.3) is 0 Å². The molecule has 2 aromatic rings. The first-order chi connectivity index (χ1) is 13.6. The molecular weight excluding hydrogens is 348 g/mol. The van der Waals surface area contributed by atoms with Crippen molar-refractivity contribution < 1.29 is 0 Å². The Balaban J connectivity index is 1.75. The molecule has 0 amide bonds. The molecule has 1 heterocycles. The summed E-state index contributed by atoms with van der Waals surface area (Å²) < 4.78 is 1.83. The molecule has 1 aromatic carbocycles. The number of benzene rings is 1. The number of unbranched alkanes of at least 4 members (excludes halogenated alkanes) is 1. The van der Waals surface area contributed by atoms with Crippen molar-refractivity contribution in [1.82, 2.24) is 15.2 Å². The van der Waals surface area contributed by atoms with E-state index in [1.54, 1.807) is 6.07 Å². The fourth-order valence-electron chi connectivity index (χ4n) is 3.14. The number of pyridine rings is 1. The normalized spacial score (nSPS) is 12.6. The molecule has 0 aliphatic heterocycles. The molecule has 0 aliphatic carbocycles. The average Bonchev–Trinajstić information content (AvgIpc) is 2.69. The van der Waals surface area contributed by atoms with Crippen molar-refractivity contribution in [3.8, 4) is 0 Å². The smallest absolute Gasteiger partial charge is 0.250 e. The Morgan fingerprint density at radius 2 is 1.89 bits per heavy atom. The van der Waals surface area contributed by atoms with Gasteiger partial charge < -0.3 is 15.2 Å². The molecule has 152 valence electrons. The summed E-state index contributed by atoms with van der Waals surface area (Å²) in [7, 11) is 0. The van der Waals surface area contributed by atoms with Crippen LogP contribution in [-0.2, 0) is 13.0 Å². The highest BCUT2D eigenvalue weighted by Crippen LogP contribution is 2.05. The first-order valence-corrected chi connectivity index (χ1v) is 10.4. The van der Waals surface area contributed by atoms with E-state index in [0.717, 1.165) is 57.0 Å². The predicted molar refractivity (Wildman–Crippen MR) is 118 cm³/mol. The molecule has 0 fully saturated rings. The fraction of sp³-hybridized carbons (Fsp3) is 0.478. The Labute approximate surface area is 168 Å². The highest BCUT2D eigenvalue weighted by molar-refractivity contribution is 5.80. The average molecular weight is 383 g/mol. The highest BCUT2D eigenvalue weighted by atomic mass is 16.1. The Kier molecular flexibility index (Phi) is 9.32. The second-order valence-corrected chi connectivity index (χ2v) is 7.19. The van der Waals surface area contributed by atoms with E-state index in [9.17, 15) is 4.79 Å². The minimum absolute atomic E-state index is 0.0748. The second kappa shape index (κ2) is 12.0. The molecule has 0 radical (unpaired) electrons. The molecule has 5 nitrogen and oxygen atoms in total. The topological polar surface area (TPSA) is 58.4 Å². The Bertz CT molecular complexity index is 783. The number of nitrogens with one attached hydrogen (secondary N) is 2. The number of aromatic nitrogens is 1. The van der Waals surface area contributed by atoms with Crippen molar-refractivity contribution in [3.63, 3.8) is 0 Å². The summed E-state index contributed by atoms with van der Waals surface area (Å²) >= 11 is 0. The maximum absolute atomic E-state index is 11.9. The molecule has 1 unspecified atom stereocenters. The lowest BCUT2D eigenvalue weighted by Crippen LogP contribution is -2.42. The van der Waals surface area contributed by atoms with Gasteiger partial charge in [-0.3, -0.25) is 9.79 Å². The lowest BCUT2D eigenvalue weighted by atomic mass is 10.1. The van der Waals surface area contributed by atoms with E-state index in [-0.39, 0.29) is 5.56 Å². The monoisotopic (exact) mass is 382 g/mol. The lowest BCUT2D eigenvalue weighted by Gasteiger charge is -2.18. The first kappa shape index (κ1) is 21.7.